The van der Waals surface area contributed by atoms with Gasteiger partial charge in [-0.2, -0.15) is 18.2 Å². The number of rotatable bonds is 4. The largest absolute Gasteiger partial charge is 0.452 e. The molecule has 1 amide bonds. The van der Waals surface area contributed by atoms with Crippen molar-refractivity contribution in [1.82, 2.24) is 19.6 Å². The van der Waals surface area contributed by atoms with Gasteiger partial charge >= 0.3 is 16.3 Å². The maximum absolute atomic E-state index is 11.1. The van der Waals surface area contributed by atoms with Crippen LogP contribution in [0.3, 0.4) is 0 Å². The van der Waals surface area contributed by atoms with Crippen LogP contribution in [0.1, 0.15) is 5.69 Å². The molecular formula is C6H10N4O4S. The Morgan fingerprint density at radius 3 is 2.93 bits per heavy atom. The summed E-state index contributed by atoms with van der Waals surface area (Å²) in [6.07, 6.45) is 0.435. The maximum Gasteiger partial charge on any atom is 0.421 e. The molecule has 0 bridgehead atoms. The number of aromatic amines is 1. The van der Waals surface area contributed by atoms with Crippen LogP contribution in [0.25, 0.3) is 0 Å². The van der Waals surface area contributed by atoms with Gasteiger partial charge in [0, 0.05) is 6.20 Å². The molecule has 0 atom stereocenters. The first-order chi connectivity index (χ1) is 7.03. The number of carbonyl (C=O) groups is 1. The van der Waals surface area contributed by atoms with Crippen molar-refractivity contribution in [3.05, 3.63) is 18.0 Å². The molecule has 0 unspecified atom stereocenters. The molecule has 0 radical (unpaired) electrons. The highest BCUT2D eigenvalue weighted by Gasteiger charge is 2.13. The molecule has 0 saturated heterocycles. The van der Waals surface area contributed by atoms with Crippen LogP contribution < -0.4 is 9.44 Å². The van der Waals surface area contributed by atoms with Crippen molar-refractivity contribution in [3.8, 4) is 0 Å². The van der Waals surface area contributed by atoms with Gasteiger partial charge in [0.1, 0.15) is 0 Å². The Morgan fingerprint density at radius 2 is 2.40 bits per heavy atom. The smallest absolute Gasteiger partial charge is 0.421 e. The Kier molecular flexibility index (Phi) is 3.63. The summed E-state index contributed by atoms with van der Waals surface area (Å²) >= 11 is 0. The monoisotopic (exact) mass is 234 g/mol. The third-order valence-electron chi connectivity index (χ3n) is 1.41. The van der Waals surface area contributed by atoms with Gasteiger partial charge < -0.3 is 4.74 Å². The van der Waals surface area contributed by atoms with Crippen molar-refractivity contribution < 1.29 is 17.9 Å². The number of methoxy groups -OCH3 is 1. The number of H-pyrrole nitrogens is 1. The third kappa shape index (κ3) is 3.95. The molecule has 1 aromatic rings. The fraction of sp³-hybridized carbons (Fsp3) is 0.333. The number of carbonyl (C=O) groups excluding carboxylic acids is 1. The minimum Gasteiger partial charge on any atom is -0.452 e. The van der Waals surface area contributed by atoms with Crippen LogP contribution in [0.2, 0.25) is 0 Å². The second-order valence-electron chi connectivity index (χ2n) is 2.50. The van der Waals surface area contributed by atoms with Gasteiger partial charge in [-0.25, -0.2) is 9.52 Å². The highest BCUT2D eigenvalue weighted by Crippen LogP contribution is 1.91. The van der Waals surface area contributed by atoms with Crippen molar-refractivity contribution in [1.29, 1.82) is 0 Å². The predicted molar refractivity (Wildman–Crippen MR) is 49.9 cm³/mol. The lowest BCUT2D eigenvalue weighted by molar-refractivity contribution is 0.177. The van der Waals surface area contributed by atoms with E-state index in [0.29, 0.717) is 5.69 Å². The molecule has 1 rings (SSSR count). The van der Waals surface area contributed by atoms with Crippen LogP contribution in [-0.4, -0.2) is 31.8 Å². The molecule has 0 aliphatic heterocycles. The summed E-state index contributed by atoms with van der Waals surface area (Å²) in [7, 11) is -2.82. The second-order valence-corrected chi connectivity index (χ2v) is 4.00. The summed E-state index contributed by atoms with van der Waals surface area (Å²) in [4.78, 5) is 10.6. The van der Waals surface area contributed by atoms with Crippen LogP contribution in [0.15, 0.2) is 12.3 Å². The number of ether oxygens (including phenoxy) is 1. The van der Waals surface area contributed by atoms with Crippen molar-refractivity contribution in [2.75, 3.05) is 7.11 Å². The SMILES string of the molecule is COC(=O)NS(=O)(=O)NCc1ccn[nH]1. The van der Waals surface area contributed by atoms with Gasteiger partial charge in [0.25, 0.3) is 0 Å². The first-order valence-corrected chi connectivity index (χ1v) is 5.35. The molecule has 0 aliphatic rings. The molecule has 0 aromatic carbocycles. The van der Waals surface area contributed by atoms with Crippen LogP contribution in [0, 0.1) is 0 Å². The Morgan fingerprint density at radius 1 is 1.67 bits per heavy atom. The number of aromatic nitrogens is 2. The van der Waals surface area contributed by atoms with E-state index in [-0.39, 0.29) is 6.54 Å². The van der Waals surface area contributed by atoms with E-state index in [9.17, 15) is 13.2 Å². The summed E-state index contributed by atoms with van der Waals surface area (Å²) < 4.78 is 30.2. The van der Waals surface area contributed by atoms with E-state index < -0.39 is 16.3 Å². The molecule has 9 heteroatoms. The zero-order valence-electron chi connectivity index (χ0n) is 7.85. The molecule has 0 saturated carbocycles. The van der Waals surface area contributed by atoms with Gasteiger partial charge in [-0.1, -0.05) is 0 Å². The van der Waals surface area contributed by atoms with Crippen molar-refractivity contribution in [3.63, 3.8) is 0 Å². The molecule has 0 spiro atoms. The molecule has 0 fully saturated rings. The van der Waals surface area contributed by atoms with Gasteiger partial charge in [0.05, 0.1) is 19.3 Å². The molecule has 8 nitrogen and oxygen atoms in total. The van der Waals surface area contributed by atoms with Crippen LogP contribution >= 0.6 is 0 Å². The number of hydrogen-bond donors (Lipinski definition) is 3. The molecule has 1 aromatic heterocycles. The molecule has 15 heavy (non-hydrogen) atoms. The van der Waals surface area contributed by atoms with E-state index in [4.69, 9.17) is 0 Å². The summed E-state index contributed by atoms with van der Waals surface area (Å²) in [5.74, 6) is 0. The number of hydrogen-bond acceptors (Lipinski definition) is 5. The molecule has 1 heterocycles. The van der Waals surface area contributed by atoms with Gasteiger partial charge in [-0.15, -0.1) is 0 Å². The zero-order chi connectivity index (χ0) is 11.3. The summed E-state index contributed by atoms with van der Waals surface area (Å²) in [6.45, 7) is 0.00628. The topological polar surface area (TPSA) is 113 Å². The average Bonchev–Trinajstić information content (AvgIpc) is 2.66. The fourth-order valence-electron chi connectivity index (χ4n) is 0.743. The van der Waals surface area contributed by atoms with Gasteiger partial charge in [0.15, 0.2) is 0 Å². The van der Waals surface area contributed by atoms with Gasteiger partial charge in [0.2, 0.25) is 0 Å². The number of nitrogens with zero attached hydrogens (tertiary/aromatic N) is 1. The van der Waals surface area contributed by atoms with Crippen molar-refractivity contribution in [2.45, 2.75) is 6.54 Å². The normalized spacial score (nSPS) is 11.0. The van der Waals surface area contributed by atoms with E-state index in [1.54, 1.807) is 10.8 Å². The zero-order valence-corrected chi connectivity index (χ0v) is 8.67. The first-order valence-electron chi connectivity index (χ1n) is 3.87. The van der Waals surface area contributed by atoms with Crippen molar-refractivity contribution >= 4 is 16.3 Å². The lowest BCUT2D eigenvalue weighted by Gasteiger charge is -2.05. The quantitative estimate of drug-likeness (QED) is 0.624. The van der Waals surface area contributed by atoms with Crippen LogP contribution in [0.5, 0.6) is 0 Å². The summed E-state index contributed by atoms with van der Waals surface area (Å²) in [5.41, 5.74) is 0.574. The summed E-state index contributed by atoms with van der Waals surface area (Å²) in [6, 6.07) is 1.60. The molecule has 84 valence electrons. The maximum atomic E-state index is 11.1. The highest BCUT2D eigenvalue weighted by atomic mass is 32.2. The standard InChI is InChI=1S/C6H10N4O4S/c1-14-6(11)10-15(12,13)8-4-5-2-3-7-9-5/h2-3,8H,4H2,1H3,(H,7,9)(H,10,11). The number of nitrogens with one attached hydrogen (secondary N) is 3. The highest BCUT2D eigenvalue weighted by molar-refractivity contribution is 7.88. The Labute approximate surface area is 86.2 Å². The molecule has 3 N–H and O–H groups in total. The Balaban J connectivity index is 2.47. The average molecular weight is 234 g/mol. The van der Waals surface area contributed by atoms with Gasteiger partial charge in [-0.3, -0.25) is 5.10 Å². The van der Waals surface area contributed by atoms with Gasteiger partial charge in [-0.05, 0) is 6.07 Å². The second kappa shape index (κ2) is 4.75. The van der Waals surface area contributed by atoms with E-state index in [0.717, 1.165) is 7.11 Å². The van der Waals surface area contributed by atoms with Crippen molar-refractivity contribution in [2.24, 2.45) is 0 Å². The molecular weight excluding hydrogens is 224 g/mol. The third-order valence-corrected chi connectivity index (χ3v) is 2.37. The predicted octanol–water partition coefficient (Wildman–Crippen LogP) is -0.900. The van der Waals surface area contributed by atoms with Crippen LogP contribution in [0.4, 0.5) is 4.79 Å². The van der Waals surface area contributed by atoms with E-state index in [2.05, 4.69) is 19.7 Å². The molecule has 0 aliphatic carbocycles. The number of amides is 1. The lowest BCUT2D eigenvalue weighted by Crippen LogP contribution is -2.39. The minimum atomic E-state index is -3.89. The Hall–Kier alpha value is -1.61. The van der Waals surface area contributed by atoms with E-state index in [1.165, 1.54) is 6.20 Å². The summed E-state index contributed by atoms with van der Waals surface area (Å²) in [5, 5.41) is 6.18. The Bertz CT molecular complexity index is 412. The van der Waals surface area contributed by atoms with E-state index in [1.807, 2.05) is 0 Å². The minimum absolute atomic E-state index is 0.00628. The first kappa shape index (κ1) is 11.5. The lowest BCUT2D eigenvalue weighted by atomic mass is 10.4. The van der Waals surface area contributed by atoms with E-state index >= 15 is 0 Å². The van der Waals surface area contributed by atoms with Crippen LogP contribution in [-0.2, 0) is 21.5 Å². The fourth-order valence-corrected chi connectivity index (χ4v) is 1.46.